The Hall–Kier alpha value is -3.82. The van der Waals surface area contributed by atoms with E-state index in [2.05, 4.69) is 0 Å². The second-order valence-electron chi connectivity index (χ2n) is 8.14. The van der Waals surface area contributed by atoms with Crippen molar-refractivity contribution in [3.63, 3.8) is 0 Å². The third kappa shape index (κ3) is 3.71. The highest BCUT2D eigenvalue weighted by molar-refractivity contribution is 5.91. The molecule has 5 rings (SSSR count). The lowest BCUT2D eigenvalue weighted by Gasteiger charge is -2.17. The number of rotatable bonds is 3. The summed E-state index contributed by atoms with van der Waals surface area (Å²) in [7, 11) is 1.45. The van der Waals surface area contributed by atoms with E-state index in [9.17, 15) is 14.5 Å². The first-order valence-electron chi connectivity index (χ1n) is 11.1. The molecular formula is C23H25N4O6+. The van der Waals surface area contributed by atoms with Gasteiger partial charge in [-0.15, -0.1) is 0 Å². The van der Waals surface area contributed by atoms with Crippen LogP contribution in [0.2, 0.25) is 0 Å². The van der Waals surface area contributed by atoms with E-state index in [4.69, 9.17) is 14.3 Å². The molecule has 2 amide bonds. The van der Waals surface area contributed by atoms with Crippen LogP contribution in [0.25, 0.3) is 22.1 Å². The molecule has 2 fully saturated rings. The summed E-state index contributed by atoms with van der Waals surface area (Å²) in [5.41, 5.74) is 1.03. The van der Waals surface area contributed by atoms with Crippen LogP contribution in [0.5, 0.6) is 11.5 Å². The summed E-state index contributed by atoms with van der Waals surface area (Å²) in [6.45, 7) is 2.55. The standard InChI is InChI=1S/C23H25N4O6/c1-31-27-17-9-7-10-18(32-22(28)24-12-2-3-13-24)20(17)26(30)16-8-6-11-19(21(16)27)33-23(29)25-14-4-5-15-25/h6-11H,2-5,12-15H2,1H3/q+1. The molecule has 1 aromatic heterocycles. The average molecular weight is 453 g/mol. The van der Waals surface area contributed by atoms with Crippen molar-refractivity contribution in [2.45, 2.75) is 25.7 Å². The number of carbonyl (C=O) groups is 2. The van der Waals surface area contributed by atoms with Gasteiger partial charge >= 0.3 is 17.7 Å². The normalized spacial score (nSPS) is 15.9. The minimum absolute atomic E-state index is 0.131. The van der Waals surface area contributed by atoms with Gasteiger partial charge < -0.3 is 24.1 Å². The molecule has 3 aromatic rings. The molecule has 33 heavy (non-hydrogen) atoms. The molecule has 0 spiro atoms. The molecule has 0 saturated carbocycles. The van der Waals surface area contributed by atoms with Gasteiger partial charge in [0.25, 0.3) is 5.52 Å². The first-order chi connectivity index (χ1) is 16.1. The van der Waals surface area contributed by atoms with Crippen LogP contribution in [-0.4, -0.2) is 60.0 Å². The number of amides is 2. The van der Waals surface area contributed by atoms with E-state index in [-0.39, 0.29) is 22.5 Å². The van der Waals surface area contributed by atoms with E-state index in [0.29, 0.717) is 41.6 Å². The van der Waals surface area contributed by atoms with Crippen molar-refractivity contribution in [1.82, 2.24) is 14.5 Å². The molecule has 0 N–H and O–H groups in total. The zero-order valence-electron chi connectivity index (χ0n) is 18.4. The maximum absolute atomic E-state index is 13.5. The zero-order valence-corrected chi connectivity index (χ0v) is 18.4. The lowest BCUT2D eigenvalue weighted by Crippen LogP contribution is -2.32. The highest BCUT2D eigenvalue weighted by Gasteiger charge is 2.30. The van der Waals surface area contributed by atoms with E-state index in [0.717, 1.165) is 25.7 Å². The van der Waals surface area contributed by atoms with Crippen molar-refractivity contribution in [2.24, 2.45) is 0 Å². The Balaban J connectivity index is 1.63. The van der Waals surface area contributed by atoms with Gasteiger partial charge in [0.2, 0.25) is 5.75 Å². The number of likely N-dealkylation sites (tertiary alicyclic amines) is 2. The molecule has 0 radical (unpaired) electrons. The van der Waals surface area contributed by atoms with E-state index < -0.39 is 12.2 Å². The molecule has 2 saturated heterocycles. The van der Waals surface area contributed by atoms with Crippen LogP contribution in [-0.2, 0) is 0 Å². The summed E-state index contributed by atoms with van der Waals surface area (Å²) in [4.78, 5) is 47.5. The Morgan fingerprint density at radius 1 is 0.818 bits per heavy atom. The van der Waals surface area contributed by atoms with Crippen molar-refractivity contribution < 1.29 is 28.3 Å². The van der Waals surface area contributed by atoms with Crippen LogP contribution in [0, 0.1) is 4.91 Å². The SMILES string of the molecule is COn1c2cccc(OC(=O)N3CCCC3)c2[n+](=O)c2cccc(OC(=O)N3CCCC3)c21. The lowest BCUT2D eigenvalue weighted by molar-refractivity contribution is -0.433. The predicted molar refractivity (Wildman–Crippen MR) is 119 cm³/mol. The first-order valence-corrected chi connectivity index (χ1v) is 11.1. The van der Waals surface area contributed by atoms with Crippen molar-refractivity contribution in [3.05, 3.63) is 41.3 Å². The minimum atomic E-state index is -0.489. The fourth-order valence-electron chi connectivity index (χ4n) is 4.47. The van der Waals surface area contributed by atoms with Gasteiger partial charge in [-0.25, -0.2) is 9.59 Å². The Kier molecular flexibility index (Phi) is 5.49. The number of ether oxygens (including phenoxy) is 2. The van der Waals surface area contributed by atoms with Crippen LogP contribution in [0.4, 0.5) is 9.59 Å². The average Bonchev–Trinajstić information content (AvgIpc) is 3.54. The second-order valence-corrected chi connectivity index (χ2v) is 8.14. The summed E-state index contributed by atoms with van der Waals surface area (Å²) >= 11 is 0. The van der Waals surface area contributed by atoms with Gasteiger partial charge in [0, 0.05) is 37.2 Å². The van der Waals surface area contributed by atoms with Gasteiger partial charge in [-0.3, -0.25) is 0 Å². The number of hydrogen-bond donors (Lipinski definition) is 0. The number of nitrogens with zero attached hydrogens (tertiary/aromatic N) is 4. The number of hydrogen-bond acceptors (Lipinski definition) is 6. The highest BCUT2D eigenvalue weighted by Crippen LogP contribution is 2.30. The molecule has 0 unspecified atom stereocenters. The third-order valence-corrected chi connectivity index (χ3v) is 6.10. The van der Waals surface area contributed by atoms with Crippen molar-refractivity contribution in [1.29, 1.82) is 0 Å². The Labute approximate surface area is 189 Å². The smallest absolute Gasteiger partial charge is 0.415 e. The number of carbonyl (C=O) groups excluding carboxylic acids is 2. The molecule has 3 heterocycles. The third-order valence-electron chi connectivity index (χ3n) is 6.10. The number of benzene rings is 2. The second kappa shape index (κ2) is 8.61. The van der Waals surface area contributed by atoms with Crippen LogP contribution in [0.15, 0.2) is 36.4 Å². The van der Waals surface area contributed by atoms with Crippen LogP contribution in [0.1, 0.15) is 25.7 Å². The number of para-hydroxylation sites is 2. The molecule has 0 bridgehead atoms. The topological polar surface area (TPSA) is 96.2 Å². The summed E-state index contributed by atoms with van der Waals surface area (Å²) < 4.78 is 13.4. The van der Waals surface area contributed by atoms with Crippen molar-refractivity contribution >= 4 is 34.3 Å². The van der Waals surface area contributed by atoms with Crippen LogP contribution >= 0.6 is 0 Å². The van der Waals surface area contributed by atoms with E-state index in [1.165, 1.54) is 11.8 Å². The molecular weight excluding hydrogens is 428 g/mol. The fourth-order valence-corrected chi connectivity index (χ4v) is 4.47. The maximum atomic E-state index is 13.5. The van der Waals surface area contributed by atoms with Gasteiger partial charge in [-0.05, 0) is 43.9 Å². The first kappa shape index (κ1) is 21.0. The quantitative estimate of drug-likeness (QED) is 0.447. The molecule has 0 aliphatic carbocycles. The summed E-state index contributed by atoms with van der Waals surface area (Å²) in [6, 6.07) is 9.79. The van der Waals surface area contributed by atoms with Gasteiger partial charge in [0.1, 0.15) is 7.11 Å². The van der Waals surface area contributed by atoms with Gasteiger partial charge in [0.05, 0.1) is 4.43 Å². The summed E-state index contributed by atoms with van der Waals surface area (Å²) in [6.07, 6.45) is 2.78. The largest absolute Gasteiger partial charge is 0.416 e. The van der Waals surface area contributed by atoms with Gasteiger partial charge in [-0.1, -0.05) is 12.1 Å². The number of fused-ring (bicyclic) bond motifs is 2. The van der Waals surface area contributed by atoms with Crippen LogP contribution in [0.3, 0.4) is 0 Å². The fraction of sp³-hybridized carbons (Fsp3) is 0.391. The Bertz CT molecular complexity index is 1290. The maximum Gasteiger partial charge on any atom is 0.415 e. The minimum Gasteiger partial charge on any atom is -0.416 e. The molecule has 10 nitrogen and oxygen atoms in total. The van der Waals surface area contributed by atoms with E-state index >= 15 is 0 Å². The predicted octanol–water partition coefficient (Wildman–Crippen LogP) is 2.96. The van der Waals surface area contributed by atoms with Crippen molar-refractivity contribution in [3.8, 4) is 11.5 Å². The van der Waals surface area contributed by atoms with Crippen molar-refractivity contribution in [2.75, 3.05) is 33.3 Å². The Morgan fingerprint density at radius 3 is 1.97 bits per heavy atom. The van der Waals surface area contributed by atoms with E-state index in [1.807, 2.05) is 0 Å². The highest BCUT2D eigenvalue weighted by atomic mass is 16.6. The molecule has 2 aromatic carbocycles. The van der Waals surface area contributed by atoms with E-state index in [1.54, 1.807) is 46.2 Å². The molecule has 10 heteroatoms. The number of aromatic nitrogens is 2. The monoisotopic (exact) mass is 453 g/mol. The molecule has 2 aliphatic rings. The molecule has 2 aliphatic heterocycles. The van der Waals surface area contributed by atoms with Gasteiger partial charge in [-0.2, -0.15) is 4.73 Å². The van der Waals surface area contributed by atoms with Gasteiger partial charge in [0.15, 0.2) is 16.8 Å². The zero-order chi connectivity index (χ0) is 22.9. The summed E-state index contributed by atoms with van der Waals surface area (Å²) in [5, 5.41) is 0. The van der Waals surface area contributed by atoms with Crippen LogP contribution < -0.4 is 18.7 Å². The molecule has 0 atom stereocenters. The molecule has 172 valence electrons. The Morgan fingerprint density at radius 2 is 1.36 bits per heavy atom. The lowest BCUT2D eigenvalue weighted by atomic mass is 10.2. The summed E-state index contributed by atoms with van der Waals surface area (Å²) in [5.74, 6) is 0.337.